The fourth-order valence-electron chi connectivity index (χ4n) is 1.33. The zero-order chi connectivity index (χ0) is 12.3. The average Bonchev–Trinajstić information content (AvgIpc) is 2.15. The van der Waals surface area contributed by atoms with Gasteiger partial charge in [-0.15, -0.1) is 0 Å². The first-order valence-corrected chi connectivity index (χ1v) is 4.56. The first-order chi connectivity index (χ1) is 7.41. The number of nitrogens with one attached hydrogen (secondary N) is 1. The third-order valence-electron chi connectivity index (χ3n) is 2.03. The van der Waals surface area contributed by atoms with Crippen LogP contribution in [0, 0.1) is 6.42 Å². The number of hydrogen-bond acceptors (Lipinski definition) is 4. The van der Waals surface area contributed by atoms with E-state index in [4.69, 9.17) is 15.3 Å². The molecule has 0 bridgehead atoms. The molecule has 1 aliphatic rings. The normalized spacial score (nSPS) is 15.6. The quantitative estimate of drug-likeness (QED) is 0.376. The SMILES string of the molecule is CC(=O)NC1=C(C(=O)O)[CH-]CC(C(O)O)=C1. The maximum absolute atomic E-state index is 10.9. The number of carboxylic acids is 1. The number of hydrogen-bond donors (Lipinski definition) is 4. The number of carbonyl (C=O) groups is 2. The Morgan fingerprint density at radius 2 is 2.12 bits per heavy atom. The zero-order valence-electron chi connectivity index (χ0n) is 8.60. The molecule has 1 amide bonds. The van der Waals surface area contributed by atoms with E-state index in [1.54, 1.807) is 0 Å². The number of aliphatic carboxylic acids is 1. The monoisotopic (exact) mass is 226 g/mol. The molecule has 0 aliphatic heterocycles. The van der Waals surface area contributed by atoms with Crippen LogP contribution in [-0.4, -0.2) is 33.5 Å². The van der Waals surface area contributed by atoms with Gasteiger partial charge in [-0.05, 0) is 5.57 Å². The van der Waals surface area contributed by atoms with E-state index >= 15 is 0 Å². The fourth-order valence-corrected chi connectivity index (χ4v) is 1.33. The minimum Gasteiger partial charge on any atom is -0.535 e. The molecule has 0 atom stereocenters. The van der Waals surface area contributed by atoms with Crippen LogP contribution in [0.1, 0.15) is 13.3 Å². The van der Waals surface area contributed by atoms with Crippen molar-refractivity contribution in [3.05, 3.63) is 29.3 Å². The van der Waals surface area contributed by atoms with Crippen molar-refractivity contribution in [3.8, 4) is 0 Å². The number of carbonyl (C=O) groups excluding carboxylic acids is 1. The average molecular weight is 226 g/mol. The van der Waals surface area contributed by atoms with E-state index in [9.17, 15) is 9.59 Å². The van der Waals surface area contributed by atoms with Gasteiger partial charge >= 0.3 is 0 Å². The van der Waals surface area contributed by atoms with Crippen molar-refractivity contribution < 1.29 is 24.9 Å². The molecule has 6 heteroatoms. The summed E-state index contributed by atoms with van der Waals surface area (Å²) < 4.78 is 0. The lowest BCUT2D eigenvalue weighted by Crippen LogP contribution is -2.26. The van der Waals surface area contributed by atoms with Gasteiger partial charge in [0.25, 0.3) is 0 Å². The predicted molar refractivity (Wildman–Crippen MR) is 53.7 cm³/mol. The number of rotatable bonds is 3. The molecule has 1 aliphatic carbocycles. The summed E-state index contributed by atoms with van der Waals surface area (Å²) >= 11 is 0. The largest absolute Gasteiger partial charge is 0.535 e. The van der Waals surface area contributed by atoms with Crippen molar-refractivity contribution in [1.29, 1.82) is 0 Å². The molecule has 16 heavy (non-hydrogen) atoms. The van der Waals surface area contributed by atoms with Crippen LogP contribution in [0.3, 0.4) is 0 Å². The topological polar surface area (TPSA) is 107 Å². The molecule has 0 heterocycles. The summed E-state index contributed by atoms with van der Waals surface area (Å²) in [6.07, 6.45) is 1.05. The lowest BCUT2D eigenvalue weighted by atomic mass is 9.95. The molecule has 0 spiro atoms. The van der Waals surface area contributed by atoms with Crippen LogP contribution in [0.4, 0.5) is 0 Å². The number of aliphatic hydroxyl groups is 2. The maximum atomic E-state index is 10.9. The maximum Gasteiger partial charge on any atom is 0.219 e. The molecule has 0 aromatic rings. The van der Waals surface area contributed by atoms with Gasteiger partial charge in [0.2, 0.25) is 11.9 Å². The molecule has 0 unspecified atom stereocenters. The molecular weight excluding hydrogens is 214 g/mol. The van der Waals surface area contributed by atoms with E-state index < -0.39 is 18.2 Å². The molecule has 4 N–H and O–H groups in total. The zero-order valence-corrected chi connectivity index (χ0v) is 8.60. The van der Waals surface area contributed by atoms with Gasteiger partial charge < -0.3 is 25.4 Å². The summed E-state index contributed by atoms with van der Waals surface area (Å²) in [7, 11) is 0. The van der Waals surface area contributed by atoms with E-state index in [-0.39, 0.29) is 23.3 Å². The summed E-state index contributed by atoms with van der Waals surface area (Å²) in [6.45, 7) is 1.24. The first kappa shape index (κ1) is 12.3. The molecule has 0 saturated carbocycles. The van der Waals surface area contributed by atoms with Crippen LogP contribution in [0.5, 0.6) is 0 Å². The van der Waals surface area contributed by atoms with Gasteiger partial charge in [0.15, 0.2) is 6.29 Å². The highest BCUT2D eigenvalue weighted by Gasteiger charge is 2.14. The summed E-state index contributed by atoms with van der Waals surface area (Å²) in [5.41, 5.74) is 0.239. The molecule has 0 aromatic carbocycles. The Labute approximate surface area is 91.9 Å². The minimum absolute atomic E-state index is 0.0559. The second-order valence-corrected chi connectivity index (χ2v) is 3.31. The summed E-state index contributed by atoms with van der Waals surface area (Å²) in [5.74, 6) is -1.60. The van der Waals surface area contributed by atoms with Crippen molar-refractivity contribution in [1.82, 2.24) is 5.32 Å². The smallest absolute Gasteiger partial charge is 0.219 e. The lowest BCUT2D eigenvalue weighted by Gasteiger charge is -2.26. The fraction of sp³-hybridized carbons (Fsp3) is 0.300. The van der Waals surface area contributed by atoms with Crippen LogP contribution in [0.25, 0.3) is 0 Å². The van der Waals surface area contributed by atoms with Crippen LogP contribution >= 0.6 is 0 Å². The highest BCUT2D eigenvalue weighted by atomic mass is 16.5. The molecule has 0 aromatic heterocycles. The Morgan fingerprint density at radius 3 is 2.56 bits per heavy atom. The lowest BCUT2D eigenvalue weighted by molar-refractivity contribution is -0.132. The summed E-state index contributed by atoms with van der Waals surface area (Å²) in [5, 5.41) is 29.1. The molecule has 88 valence electrons. The van der Waals surface area contributed by atoms with E-state index in [2.05, 4.69) is 5.32 Å². The van der Waals surface area contributed by atoms with Gasteiger partial charge in [-0.25, -0.2) is 0 Å². The Balaban J connectivity index is 3.06. The van der Waals surface area contributed by atoms with Gasteiger partial charge in [-0.1, -0.05) is 23.8 Å². The number of allylic oxidation sites excluding steroid dienone is 1. The molecule has 1 rings (SSSR count). The first-order valence-electron chi connectivity index (χ1n) is 4.56. The second-order valence-electron chi connectivity index (χ2n) is 3.31. The molecule has 0 radical (unpaired) electrons. The van der Waals surface area contributed by atoms with Gasteiger partial charge in [0.05, 0.1) is 0 Å². The Kier molecular flexibility index (Phi) is 3.70. The van der Waals surface area contributed by atoms with Crippen LogP contribution < -0.4 is 5.32 Å². The second kappa shape index (κ2) is 4.82. The van der Waals surface area contributed by atoms with Crippen molar-refractivity contribution in [2.24, 2.45) is 0 Å². The molecule has 0 fully saturated rings. The van der Waals surface area contributed by atoms with E-state index in [0.717, 1.165) is 0 Å². The van der Waals surface area contributed by atoms with Crippen LogP contribution in [-0.2, 0) is 9.59 Å². The summed E-state index contributed by atoms with van der Waals surface area (Å²) in [4.78, 5) is 21.7. The Hall–Kier alpha value is -1.79. The molecule has 0 saturated heterocycles. The van der Waals surface area contributed by atoms with E-state index in [1.165, 1.54) is 19.4 Å². The summed E-state index contributed by atoms with van der Waals surface area (Å²) in [6, 6.07) is 0. The van der Waals surface area contributed by atoms with Gasteiger partial charge in [0.1, 0.15) is 0 Å². The molecule has 6 nitrogen and oxygen atoms in total. The van der Waals surface area contributed by atoms with Crippen molar-refractivity contribution in [2.45, 2.75) is 19.6 Å². The minimum atomic E-state index is -1.66. The molecular formula is C10H12NO5-. The van der Waals surface area contributed by atoms with E-state index in [0.29, 0.717) is 0 Å². The number of amides is 1. The number of aliphatic hydroxyl groups excluding tert-OH is 1. The van der Waals surface area contributed by atoms with Gasteiger partial charge in [0, 0.05) is 6.92 Å². The standard InChI is InChI=1S/C10H12NO5/c1-5(12)11-8-4-6(9(13)14)2-3-7(8)10(15)16/h3-4,9,13-14H,2H2,1H3,(H,11,12)(H,15,16)/q-1. The van der Waals surface area contributed by atoms with Crippen molar-refractivity contribution in [3.63, 3.8) is 0 Å². The van der Waals surface area contributed by atoms with E-state index in [1.807, 2.05) is 0 Å². The number of carboxylic acid groups (broad SMARTS) is 1. The van der Waals surface area contributed by atoms with Crippen molar-refractivity contribution >= 4 is 11.9 Å². The highest BCUT2D eigenvalue weighted by molar-refractivity contribution is 5.92. The van der Waals surface area contributed by atoms with Crippen LogP contribution in [0.2, 0.25) is 0 Å². The van der Waals surface area contributed by atoms with Crippen LogP contribution in [0.15, 0.2) is 22.9 Å². The highest BCUT2D eigenvalue weighted by Crippen LogP contribution is 2.23. The Bertz CT molecular complexity index is 381. The third-order valence-corrected chi connectivity index (χ3v) is 2.03. The van der Waals surface area contributed by atoms with Crippen molar-refractivity contribution in [2.75, 3.05) is 0 Å². The van der Waals surface area contributed by atoms with Gasteiger partial charge in [-0.3, -0.25) is 4.79 Å². The Morgan fingerprint density at radius 1 is 1.50 bits per heavy atom. The van der Waals surface area contributed by atoms with Gasteiger partial charge in [-0.2, -0.15) is 6.42 Å². The third kappa shape index (κ3) is 2.85. The predicted octanol–water partition coefficient (Wildman–Crippen LogP) is -0.694.